The fraction of sp³-hybridized carbons (Fsp3) is 0.308. The second-order valence-corrected chi connectivity index (χ2v) is 5.87. The summed E-state index contributed by atoms with van der Waals surface area (Å²) in [6, 6.07) is 10.3. The third kappa shape index (κ3) is 12.7. The predicted molar refractivity (Wildman–Crippen MR) is 129 cm³/mol. The first-order valence-electron chi connectivity index (χ1n) is 10.3. The number of ketones is 2. The fourth-order valence-corrected chi connectivity index (χ4v) is 2.06. The summed E-state index contributed by atoms with van der Waals surface area (Å²) in [5.41, 5.74) is 2.62. The number of phenolic OH excluding ortho intramolecular Hbond substituents is 2. The van der Waals surface area contributed by atoms with E-state index in [1.54, 1.807) is 43.3 Å². The third-order valence-corrected chi connectivity index (χ3v) is 3.59. The van der Waals surface area contributed by atoms with Crippen LogP contribution in [0, 0.1) is 13.8 Å². The van der Waals surface area contributed by atoms with Gasteiger partial charge in [0, 0.05) is 0 Å². The number of benzene rings is 2. The minimum Gasteiger partial charge on any atom is -0.508 e. The van der Waals surface area contributed by atoms with Gasteiger partial charge >= 0.3 is 0 Å². The van der Waals surface area contributed by atoms with E-state index in [0.29, 0.717) is 5.75 Å². The molecule has 0 saturated heterocycles. The average Bonchev–Trinajstić information content (AvgIpc) is 2.79. The van der Waals surface area contributed by atoms with Crippen molar-refractivity contribution in [2.45, 2.75) is 48.0 Å². The van der Waals surface area contributed by atoms with E-state index in [2.05, 4.69) is 6.58 Å². The first kappa shape index (κ1) is 29.9. The van der Waals surface area contributed by atoms with Gasteiger partial charge in [-0.3, -0.25) is 9.59 Å². The molecule has 0 atom stereocenters. The van der Waals surface area contributed by atoms with Gasteiger partial charge < -0.3 is 14.9 Å². The summed E-state index contributed by atoms with van der Waals surface area (Å²) in [5.74, 6) is 0.380. The maximum atomic E-state index is 11.3. The van der Waals surface area contributed by atoms with E-state index in [0.717, 1.165) is 22.8 Å². The molecule has 0 amide bonds. The number of hydrogen-bond acceptors (Lipinski definition) is 5. The van der Waals surface area contributed by atoms with Crippen LogP contribution in [0.2, 0.25) is 0 Å². The van der Waals surface area contributed by atoms with E-state index in [-0.39, 0.29) is 29.5 Å². The molecule has 170 valence electrons. The number of hydrogen-bond donors (Lipinski definition) is 2. The van der Waals surface area contributed by atoms with Crippen molar-refractivity contribution >= 4 is 17.6 Å². The normalized spacial score (nSPS) is 9.13. The molecule has 2 aromatic rings. The third-order valence-electron chi connectivity index (χ3n) is 3.59. The zero-order valence-corrected chi connectivity index (χ0v) is 19.7. The van der Waals surface area contributed by atoms with Crippen molar-refractivity contribution in [3.05, 3.63) is 71.8 Å². The van der Waals surface area contributed by atoms with Crippen molar-refractivity contribution in [1.29, 1.82) is 0 Å². The standard InChI is InChI=1S/C14H14O3.C8H10O2.2C2H6/c1-3-12(15)9-13(16)6-4-11-5-7-14(17)10(2)8-11;1-6-3-4-7(9)8(5-6)10-2;2*1-2/h3-8,17H,1,9H2,2H3;3-5,9H,1-2H3;2*1-2H3/b6-4+;;;. The Bertz CT molecular complexity index is 851. The lowest BCUT2D eigenvalue weighted by atomic mass is 10.1. The largest absolute Gasteiger partial charge is 0.508 e. The Labute approximate surface area is 186 Å². The smallest absolute Gasteiger partial charge is 0.163 e. The van der Waals surface area contributed by atoms with Crippen LogP contribution in [0.15, 0.2) is 55.1 Å². The van der Waals surface area contributed by atoms with E-state index in [9.17, 15) is 14.7 Å². The van der Waals surface area contributed by atoms with Crippen LogP contribution in [-0.4, -0.2) is 28.9 Å². The second kappa shape index (κ2) is 17.5. The highest BCUT2D eigenvalue weighted by Gasteiger charge is 2.02. The van der Waals surface area contributed by atoms with Crippen molar-refractivity contribution in [3.63, 3.8) is 0 Å². The number of aromatic hydroxyl groups is 2. The highest BCUT2D eigenvalue weighted by Crippen LogP contribution is 2.25. The lowest BCUT2D eigenvalue weighted by Crippen LogP contribution is -2.01. The molecule has 0 unspecified atom stereocenters. The van der Waals surface area contributed by atoms with Crippen molar-refractivity contribution < 1.29 is 24.5 Å². The molecule has 0 aliphatic rings. The Kier molecular flexibility index (Phi) is 16.9. The second-order valence-electron chi connectivity index (χ2n) is 5.87. The van der Waals surface area contributed by atoms with Gasteiger partial charge in [-0.25, -0.2) is 0 Å². The molecule has 0 saturated carbocycles. The van der Waals surface area contributed by atoms with Crippen LogP contribution in [-0.2, 0) is 9.59 Å². The number of phenols is 2. The van der Waals surface area contributed by atoms with Crippen molar-refractivity contribution in [2.75, 3.05) is 7.11 Å². The summed E-state index contributed by atoms with van der Waals surface area (Å²) < 4.78 is 4.88. The van der Waals surface area contributed by atoms with Crippen LogP contribution < -0.4 is 4.74 Å². The van der Waals surface area contributed by atoms with Gasteiger partial charge in [-0.15, -0.1) is 0 Å². The lowest BCUT2D eigenvalue weighted by Gasteiger charge is -2.02. The fourth-order valence-electron chi connectivity index (χ4n) is 2.06. The van der Waals surface area contributed by atoms with E-state index < -0.39 is 0 Å². The number of carbonyl (C=O) groups is 2. The van der Waals surface area contributed by atoms with Crippen LogP contribution in [0.3, 0.4) is 0 Å². The van der Waals surface area contributed by atoms with Crippen molar-refractivity contribution in [2.24, 2.45) is 0 Å². The number of methoxy groups -OCH3 is 1. The molecule has 2 aromatic carbocycles. The average molecular weight is 429 g/mol. The van der Waals surface area contributed by atoms with Crippen molar-refractivity contribution in [3.8, 4) is 17.2 Å². The molecule has 0 aliphatic carbocycles. The number of ether oxygens (including phenoxy) is 1. The molecule has 2 rings (SSSR count). The van der Waals surface area contributed by atoms with Gasteiger partial charge in [-0.1, -0.05) is 52.5 Å². The first-order chi connectivity index (χ1) is 14.8. The van der Waals surface area contributed by atoms with Gasteiger partial charge in [0.1, 0.15) is 5.75 Å². The molecule has 5 nitrogen and oxygen atoms in total. The molecule has 0 spiro atoms. The number of carbonyl (C=O) groups excluding carboxylic acids is 2. The number of allylic oxidation sites excluding steroid dienone is 2. The van der Waals surface area contributed by atoms with Crippen LogP contribution in [0.25, 0.3) is 6.08 Å². The van der Waals surface area contributed by atoms with Gasteiger partial charge in [0.2, 0.25) is 0 Å². The molecule has 0 heterocycles. The molecule has 31 heavy (non-hydrogen) atoms. The molecular weight excluding hydrogens is 392 g/mol. The molecule has 2 N–H and O–H groups in total. The van der Waals surface area contributed by atoms with E-state index in [1.165, 1.54) is 13.2 Å². The summed E-state index contributed by atoms with van der Waals surface area (Å²) in [7, 11) is 1.54. The van der Waals surface area contributed by atoms with Crippen LogP contribution in [0.4, 0.5) is 0 Å². The van der Waals surface area contributed by atoms with E-state index >= 15 is 0 Å². The van der Waals surface area contributed by atoms with E-state index in [4.69, 9.17) is 9.84 Å². The first-order valence-corrected chi connectivity index (χ1v) is 10.3. The maximum absolute atomic E-state index is 11.3. The summed E-state index contributed by atoms with van der Waals surface area (Å²) in [6.07, 6.45) is 3.95. The minimum absolute atomic E-state index is 0.156. The highest BCUT2D eigenvalue weighted by molar-refractivity contribution is 6.09. The van der Waals surface area contributed by atoms with Crippen LogP contribution >= 0.6 is 0 Å². The minimum atomic E-state index is -0.290. The Morgan fingerprint density at radius 2 is 1.52 bits per heavy atom. The number of rotatable bonds is 6. The Balaban J connectivity index is 0. The Morgan fingerprint density at radius 3 is 2.00 bits per heavy atom. The topological polar surface area (TPSA) is 83.8 Å². The zero-order chi connectivity index (χ0) is 24.4. The Morgan fingerprint density at radius 1 is 0.935 bits per heavy atom. The molecule has 0 aliphatic heterocycles. The van der Waals surface area contributed by atoms with Gasteiger partial charge in [-0.05, 0) is 67.0 Å². The van der Waals surface area contributed by atoms with Crippen LogP contribution in [0.1, 0.15) is 50.8 Å². The molecule has 5 heteroatoms. The summed E-state index contributed by atoms with van der Waals surface area (Å²) in [4.78, 5) is 22.3. The van der Waals surface area contributed by atoms with Gasteiger partial charge in [-0.2, -0.15) is 0 Å². The lowest BCUT2D eigenvalue weighted by molar-refractivity contribution is -0.121. The predicted octanol–water partition coefficient (Wildman–Crippen LogP) is 6.19. The number of aryl methyl sites for hydroxylation is 2. The Hall–Kier alpha value is -3.34. The van der Waals surface area contributed by atoms with Gasteiger partial charge in [0.25, 0.3) is 0 Å². The van der Waals surface area contributed by atoms with Gasteiger partial charge in [0.05, 0.1) is 13.5 Å². The van der Waals surface area contributed by atoms with E-state index in [1.807, 2.05) is 40.7 Å². The maximum Gasteiger partial charge on any atom is 0.163 e. The summed E-state index contributed by atoms with van der Waals surface area (Å²) in [6.45, 7) is 15.0. The quantitative estimate of drug-likeness (QED) is 0.423. The molecule has 0 bridgehead atoms. The highest BCUT2D eigenvalue weighted by atomic mass is 16.5. The van der Waals surface area contributed by atoms with Gasteiger partial charge in [0.15, 0.2) is 23.1 Å². The molecule has 0 aromatic heterocycles. The SMILES string of the molecule is C=CC(=O)CC(=O)/C=C/c1ccc(O)c(C)c1.CC.CC.COc1cc(C)ccc1O. The van der Waals surface area contributed by atoms with Crippen molar-refractivity contribution in [1.82, 2.24) is 0 Å². The molecular formula is C26H36O5. The summed E-state index contributed by atoms with van der Waals surface area (Å²) >= 11 is 0. The monoisotopic (exact) mass is 428 g/mol. The molecule has 0 fully saturated rings. The summed E-state index contributed by atoms with van der Waals surface area (Å²) in [5, 5.41) is 18.4. The zero-order valence-electron chi connectivity index (χ0n) is 19.7. The molecule has 0 radical (unpaired) electrons. The van der Waals surface area contributed by atoms with Crippen LogP contribution in [0.5, 0.6) is 17.2 Å².